The van der Waals surface area contributed by atoms with Crippen LogP contribution in [0.5, 0.6) is 0 Å². The summed E-state index contributed by atoms with van der Waals surface area (Å²) in [5, 5.41) is 11.6. The zero-order valence-electron chi connectivity index (χ0n) is 16.4. The lowest BCUT2D eigenvalue weighted by Crippen LogP contribution is -2.39. The van der Waals surface area contributed by atoms with Gasteiger partial charge in [-0.1, -0.05) is 25.1 Å². The van der Waals surface area contributed by atoms with E-state index in [4.69, 9.17) is 0 Å². The number of thiophene rings is 1. The Labute approximate surface area is 172 Å². The zero-order chi connectivity index (χ0) is 19.8. The molecule has 9 heteroatoms. The van der Waals surface area contributed by atoms with E-state index in [1.54, 1.807) is 0 Å². The van der Waals surface area contributed by atoms with Crippen molar-refractivity contribution in [1.82, 2.24) is 25.0 Å². The molecule has 3 heterocycles. The van der Waals surface area contributed by atoms with Gasteiger partial charge in [0.15, 0.2) is 11.0 Å². The molecular weight excluding hydrogens is 394 g/mol. The minimum absolute atomic E-state index is 0.193. The average molecular weight is 420 g/mol. The number of nitrogens with one attached hydrogen (secondary N) is 1. The summed E-state index contributed by atoms with van der Waals surface area (Å²) in [6, 6.07) is 1.95. The third-order valence-corrected chi connectivity index (χ3v) is 7.92. The molecule has 1 saturated heterocycles. The van der Waals surface area contributed by atoms with E-state index in [9.17, 15) is 9.59 Å². The van der Waals surface area contributed by atoms with E-state index >= 15 is 0 Å². The van der Waals surface area contributed by atoms with Crippen molar-refractivity contribution in [2.45, 2.75) is 49.9 Å². The number of thioether (sulfide) groups is 1. The highest BCUT2D eigenvalue weighted by Gasteiger charge is 2.31. The lowest BCUT2D eigenvalue weighted by molar-refractivity contribution is -0.126. The van der Waals surface area contributed by atoms with Gasteiger partial charge in [0.2, 0.25) is 5.91 Å². The van der Waals surface area contributed by atoms with Crippen LogP contribution in [0, 0.1) is 5.92 Å². The van der Waals surface area contributed by atoms with Crippen LogP contribution in [0.4, 0.5) is 4.79 Å². The van der Waals surface area contributed by atoms with Crippen molar-refractivity contribution >= 4 is 35.0 Å². The van der Waals surface area contributed by atoms with Gasteiger partial charge >= 0.3 is 6.03 Å². The van der Waals surface area contributed by atoms with Crippen molar-refractivity contribution in [3.8, 4) is 10.7 Å². The van der Waals surface area contributed by atoms with Gasteiger partial charge in [0, 0.05) is 25.0 Å². The summed E-state index contributed by atoms with van der Waals surface area (Å²) in [6.07, 6.45) is 4.82. The maximum atomic E-state index is 12.5. The van der Waals surface area contributed by atoms with Crippen LogP contribution < -0.4 is 5.32 Å². The van der Waals surface area contributed by atoms with Crippen LogP contribution >= 0.6 is 23.1 Å². The number of urea groups is 1. The van der Waals surface area contributed by atoms with E-state index < -0.39 is 5.25 Å². The Kier molecular flexibility index (Phi) is 5.46. The lowest BCUT2D eigenvalue weighted by Gasteiger charge is -2.19. The predicted octanol–water partition coefficient (Wildman–Crippen LogP) is 3.09. The SMILES string of the molecule is CC[C@@H]1CCc2sc(-c3nnc(S[C@H](C)C(=O)N4CCNC4=O)n3C)cc2C1. The molecule has 2 atom stereocenters. The van der Waals surface area contributed by atoms with Crippen molar-refractivity contribution in [2.75, 3.05) is 13.1 Å². The first-order valence-corrected chi connectivity index (χ1v) is 11.4. The number of fused-ring (bicyclic) bond motifs is 1. The van der Waals surface area contributed by atoms with Gasteiger partial charge in [-0.3, -0.25) is 9.69 Å². The molecule has 7 nitrogen and oxygen atoms in total. The molecule has 150 valence electrons. The Morgan fingerprint density at radius 1 is 1.46 bits per heavy atom. The molecule has 0 saturated carbocycles. The highest BCUT2D eigenvalue weighted by molar-refractivity contribution is 8.00. The number of aryl methyl sites for hydroxylation is 1. The first kappa shape index (κ1) is 19.4. The van der Waals surface area contributed by atoms with Gasteiger partial charge in [-0.15, -0.1) is 21.5 Å². The van der Waals surface area contributed by atoms with Crippen molar-refractivity contribution in [1.29, 1.82) is 0 Å². The van der Waals surface area contributed by atoms with Crippen LogP contribution in [0.1, 0.15) is 37.1 Å². The zero-order valence-corrected chi connectivity index (χ0v) is 18.0. The van der Waals surface area contributed by atoms with Gasteiger partial charge in [0.1, 0.15) is 0 Å². The third kappa shape index (κ3) is 3.57. The maximum Gasteiger partial charge on any atom is 0.324 e. The molecule has 3 amide bonds. The number of rotatable bonds is 5. The Bertz CT molecular complexity index is 906. The molecule has 2 aromatic rings. The van der Waals surface area contributed by atoms with E-state index in [2.05, 4.69) is 28.5 Å². The van der Waals surface area contributed by atoms with Crippen LogP contribution in [0.15, 0.2) is 11.2 Å². The van der Waals surface area contributed by atoms with Crippen molar-refractivity contribution in [3.63, 3.8) is 0 Å². The molecule has 0 aromatic carbocycles. The highest BCUT2D eigenvalue weighted by Crippen LogP contribution is 2.38. The topological polar surface area (TPSA) is 80.1 Å². The van der Waals surface area contributed by atoms with E-state index in [1.165, 1.54) is 39.9 Å². The maximum absolute atomic E-state index is 12.5. The van der Waals surface area contributed by atoms with Gasteiger partial charge < -0.3 is 9.88 Å². The molecule has 0 unspecified atom stereocenters. The van der Waals surface area contributed by atoms with E-state index in [0.29, 0.717) is 18.2 Å². The number of aromatic nitrogens is 3. The molecule has 1 N–H and O–H groups in total. The normalized spacial score (nSPS) is 20.2. The van der Waals surface area contributed by atoms with Crippen molar-refractivity contribution in [2.24, 2.45) is 13.0 Å². The Balaban J connectivity index is 1.50. The van der Waals surface area contributed by atoms with Gasteiger partial charge in [-0.05, 0) is 43.7 Å². The molecule has 1 fully saturated rings. The van der Waals surface area contributed by atoms with E-state index in [0.717, 1.165) is 29.5 Å². The van der Waals surface area contributed by atoms with E-state index in [-0.39, 0.29) is 11.9 Å². The summed E-state index contributed by atoms with van der Waals surface area (Å²) in [5.74, 6) is 1.44. The molecular formula is C19H25N5O2S2. The molecule has 0 radical (unpaired) electrons. The number of imide groups is 1. The quantitative estimate of drug-likeness (QED) is 0.754. The summed E-state index contributed by atoms with van der Waals surface area (Å²) in [7, 11) is 1.94. The molecule has 0 bridgehead atoms. The van der Waals surface area contributed by atoms with Gasteiger partial charge in [-0.2, -0.15) is 0 Å². The van der Waals surface area contributed by atoms with Gasteiger partial charge in [-0.25, -0.2) is 4.79 Å². The first-order valence-electron chi connectivity index (χ1n) is 9.75. The second-order valence-corrected chi connectivity index (χ2v) is 9.87. The van der Waals surface area contributed by atoms with Crippen molar-refractivity contribution in [3.05, 3.63) is 16.5 Å². The fourth-order valence-corrected chi connectivity index (χ4v) is 5.91. The molecule has 2 aromatic heterocycles. The number of nitrogens with zero attached hydrogens (tertiary/aromatic N) is 4. The molecule has 4 rings (SSSR count). The van der Waals surface area contributed by atoms with Crippen LogP contribution in [-0.2, 0) is 24.7 Å². The standard InChI is InChI=1S/C19H25N5O2S2/c1-4-12-5-6-14-13(9-12)10-15(28-14)16-21-22-19(23(16)3)27-11(2)17(25)24-8-7-20-18(24)26/h10-12H,4-9H2,1-3H3,(H,20,26)/t11-,12-/m1/s1. The minimum Gasteiger partial charge on any atom is -0.336 e. The monoisotopic (exact) mass is 419 g/mol. The fourth-order valence-electron chi connectivity index (χ4n) is 3.80. The second-order valence-electron chi connectivity index (χ2n) is 7.42. The summed E-state index contributed by atoms with van der Waals surface area (Å²) in [6.45, 7) is 5.01. The molecule has 28 heavy (non-hydrogen) atoms. The van der Waals surface area contributed by atoms with Gasteiger partial charge in [0.05, 0.1) is 10.1 Å². The van der Waals surface area contributed by atoms with Crippen LogP contribution in [-0.4, -0.2) is 49.9 Å². The number of hydrogen-bond donors (Lipinski definition) is 1. The minimum atomic E-state index is -0.401. The molecule has 2 aliphatic rings. The smallest absolute Gasteiger partial charge is 0.324 e. The Hall–Kier alpha value is -1.87. The number of carbonyl (C=O) groups is 2. The Morgan fingerprint density at radius 2 is 2.29 bits per heavy atom. The average Bonchev–Trinajstić information content (AvgIpc) is 3.39. The molecule has 1 aliphatic heterocycles. The van der Waals surface area contributed by atoms with Crippen LogP contribution in [0.3, 0.4) is 0 Å². The number of hydrogen-bond acceptors (Lipinski definition) is 6. The Morgan fingerprint density at radius 3 is 3.00 bits per heavy atom. The summed E-state index contributed by atoms with van der Waals surface area (Å²) < 4.78 is 1.95. The summed E-state index contributed by atoms with van der Waals surface area (Å²) in [5.41, 5.74) is 1.46. The van der Waals surface area contributed by atoms with E-state index in [1.807, 2.05) is 29.9 Å². The highest BCUT2D eigenvalue weighted by atomic mass is 32.2. The fraction of sp³-hybridized carbons (Fsp3) is 0.579. The lowest BCUT2D eigenvalue weighted by atomic mass is 9.87. The molecule has 1 aliphatic carbocycles. The number of carbonyl (C=O) groups excluding carboxylic acids is 2. The summed E-state index contributed by atoms with van der Waals surface area (Å²) in [4.78, 5) is 28.1. The van der Waals surface area contributed by atoms with Gasteiger partial charge in [0.25, 0.3) is 0 Å². The van der Waals surface area contributed by atoms with Crippen molar-refractivity contribution < 1.29 is 9.59 Å². The molecule has 0 spiro atoms. The predicted molar refractivity (Wildman–Crippen MR) is 111 cm³/mol. The summed E-state index contributed by atoms with van der Waals surface area (Å²) >= 11 is 3.16. The van der Waals surface area contributed by atoms with Crippen LogP contribution in [0.2, 0.25) is 0 Å². The first-order chi connectivity index (χ1) is 13.5. The second kappa shape index (κ2) is 7.87. The van der Waals surface area contributed by atoms with Crippen LogP contribution in [0.25, 0.3) is 10.7 Å². The third-order valence-electron chi connectivity index (χ3n) is 5.57. The largest absolute Gasteiger partial charge is 0.336 e. The number of amides is 3.